The van der Waals surface area contributed by atoms with E-state index >= 15 is 0 Å². The van der Waals surface area contributed by atoms with E-state index in [9.17, 15) is 21.9 Å². The lowest BCUT2D eigenvalue weighted by Gasteiger charge is -2.38. The SMILES string of the molecule is CS(=O)(=O)c1cccc(OC[C@@H](O)CNC2COC3(CCN(S(=O)(=O)c4cccc(-c5ccncc5)c4)CC3)C2)c1. The number of aliphatic hydroxyl groups is 1. The van der Waals surface area contributed by atoms with E-state index < -0.39 is 31.6 Å². The lowest BCUT2D eigenvalue weighted by molar-refractivity contribution is -0.0312. The average molecular weight is 602 g/mol. The second-order valence-electron chi connectivity index (χ2n) is 10.7. The third-order valence-corrected chi connectivity index (χ3v) is 10.7. The van der Waals surface area contributed by atoms with Crippen molar-refractivity contribution in [1.29, 1.82) is 0 Å². The molecule has 10 nitrogen and oxygen atoms in total. The molecule has 2 fully saturated rings. The van der Waals surface area contributed by atoms with Crippen LogP contribution < -0.4 is 10.1 Å². The predicted octanol–water partition coefficient (Wildman–Crippen LogP) is 2.49. The first-order valence-electron chi connectivity index (χ1n) is 13.5. The Morgan fingerprint density at radius 3 is 2.46 bits per heavy atom. The summed E-state index contributed by atoms with van der Waals surface area (Å²) >= 11 is 0. The molecule has 2 aromatic carbocycles. The molecule has 0 saturated carbocycles. The monoisotopic (exact) mass is 601 g/mol. The highest BCUT2D eigenvalue weighted by Crippen LogP contribution is 2.37. The minimum atomic E-state index is -3.65. The molecule has 2 aliphatic rings. The second kappa shape index (κ2) is 12.2. The molecule has 5 rings (SSSR count). The van der Waals surface area contributed by atoms with E-state index in [0.29, 0.717) is 38.3 Å². The lowest BCUT2D eigenvalue weighted by Crippen LogP contribution is -2.47. The molecular weight excluding hydrogens is 566 g/mol. The zero-order chi connectivity index (χ0) is 29.1. The van der Waals surface area contributed by atoms with Gasteiger partial charge in [0, 0.05) is 44.3 Å². The number of aromatic nitrogens is 1. The van der Waals surface area contributed by atoms with Gasteiger partial charge in [0.05, 0.1) is 22.0 Å². The van der Waals surface area contributed by atoms with Crippen molar-refractivity contribution in [3.63, 3.8) is 0 Å². The first-order valence-corrected chi connectivity index (χ1v) is 16.9. The van der Waals surface area contributed by atoms with Crippen molar-refractivity contribution in [3.05, 3.63) is 73.1 Å². The molecule has 3 heterocycles. The normalized spacial score (nSPS) is 20.2. The van der Waals surface area contributed by atoms with Crippen LogP contribution in [0, 0.1) is 0 Å². The number of benzene rings is 2. The van der Waals surface area contributed by atoms with Gasteiger partial charge in [-0.1, -0.05) is 18.2 Å². The molecule has 2 saturated heterocycles. The van der Waals surface area contributed by atoms with Crippen LogP contribution >= 0.6 is 0 Å². The van der Waals surface area contributed by atoms with E-state index in [4.69, 9.17) is 9.47 Å². The highest BCUT2D eigenvalue weighted by atomic mass is 32.2. The van der Waals surface area contributed by atoms with Crippen molar-refractivity contribution < 1.29 is 31.4 Å². The Labute approximate surface area is 241 Å². The van der Waals surface area contributed by atoms with Gasteiger partial charge >= 0.3 is 0 Å². The zero-order valence-electron chi connectivity index (χ0n) is 22.8. The lowest BCUT2D eigenvalue weighted by atomic mass is 9.88. The number of sulfone groups is 1. The highest BCUT2D eigenvalue weighted by molar-refractivity contribution is 7.90. The summed E-state index contributed by atoms with van der Waals surface area (Å²) in [6.45, 7) is 1.51. The van der Waals surface area contributed by atoms with Gasteiger partial charge in [0.25, 0.3) is 0 Å². The zero-order valence-corrected chi connectivity index (χ0v) is 24.5. The molecule has 220 valence electrons. The van der Waals surface area contributed by atoms with Crippen molar-refractivity contribution >= 4 is 19.9 Å². The topological polar surface area (TPSA) is 135 Å². The van der Waals surface area contributed by atoms with Gasteiger partial charge in [0.15, 0.2) is 9.84 Å². The Bertz CT molecular complexity index is 1560. The molecule has 3 aromatic rings. The van der Waals surface area contributed by atoms with E-state index in [2.05, 4.69) is 10.3 Å². The number of rotatable bonds is 10. The summed E-state index contributed by atoms with van der Waals surface area (Å²) < 4.78 is 63.7. The minimum absolute atomic E-state index is 0.00805. The number of ether oxygens (including phenoxy) is 2. The van der Waals surface area contributed by atoms with Crippen LogP contribution in [0.4, 0.5) is 0 Å². The molecule has 12 heteroatoms. The van der Waals surface area contributed by atoms with E-state index in [0.717, 1.165) is 23.8 Å². The predicted molar refractivity (Wildman–Crippen MR) is 154 cm³/mol. The third kappa shape index (κ3) is 7.14. The highest BCUT2D eigenvalue weighted by Gasteiger charge is 2.44. The minimum Gasteiger partial charge on any atom is -0.491 e. The van der Waals surface area contributed by atoms with E-state index in [1.807, 2.05) is 18.2 Å². The maximum atomic E-state index is 13.4. The Balaban J connectivity index is 1.10. The molecule has 1 aromatic heterocycles. The van der Waals surface area contributed by atoms with E-state index in [-0.39, 0.29) is 29.0 Å². The third-order valence-electron chi connectivity index (χ3n) is 7.65. The van der Waals surface area contributed by atoms with Gasteiger partial charge in [-0.3, -0.25) is 4.98 Å². The summed E-state index contributed by atoms with van der Waals surface area (Å²) in [6.07, 6.45) is 5.61. The Morgan fingerprint density at radius 1 is 1.02 bits per heavy atom. The van der Waals surface area contributed by atoms with Crippen LogP contribution in [0.1, 0.15) is 19.3 Å². The van der Waals surface area contributed by atoms with Gasteiger partial charge in [0.2, 0.25) is 10.0 Å². The largest absolute Gasteiger partial charge is 0.491 e. The smallest absolute Gasteiger partial charge is 0.243 e. The van der Waals surface area contributed by atoms with Gasteiger partial charge in [-0.15, -0.1) is 0 Å². The van der Waals surface area contributed by atoms with E-state index in [1.165, 1.54) is 16.4 Å². The molecule has 0 amide bonds. The van der Waals surface area contributed by atoms with Gasteiger partial charge in [-0.2, -0.15) is 4.31 Å². The van der Waals surface area contributed by atoms with Crippen LogP contribution in [0.25, 0.3) is 11.1 Å². The first-order chi connectivity index (χ1) is 19.5. The standard InChI is InChI=1S/C29H35N3O7S2/c1-40(34,35)27-6-3-5-26(17-27)38-21-25(33)19-31-24-18-29(39-20-24)10-14-32(15-11-29)41(36,37)28-7-2-4-23(16-28)22-8-12-30-13-9-22/h2-9,12-13,16-17,24-25,31,33H,10-11,14-15,18-21H2,1H3/t24?,25-/m0/s1. The number of hydrogen-bond acceptors (Lipinski definition) is 9. The summed E-state index contributed by atoms with van der Waals surface area (Å²) in [5.41, 5.74) is 1.34. The van der Waals surface area contributed by atoms with Gasteiger partial charge in [0.1, 0.15) is 18.5 Å². The van der Waals surface area contributed by atoms with E-state index in [1.54, 1.807) is 42.7 Å². The molecule has 1 unspecified atom stereocenters. The van der Waals surface area contributed by atoms with Crippen molar-refractivity contribution in [2.24, 2.45) is 0 Å². The average Bonchev–Trinajstić information content (AvgIpc) is 3.37. The number of nitrogens with one attached hydrogen (secondary N) is 1. The summed E-state index contributed by atoms with van der Waals surface area (Å²) in [5, 5.41) is 13.7. The molecule has 41 heavy (non-hydrogen) atoms. The van der Waals surface area contributed by atoms with Crippen LogP contribution in [0.15, 0.2) is 82.8 Å². The number of nitrogens with zero attached hydrogens (tertiary/aromatic N) is 2. The number of piperidine rings is 1. The molecule has 1 spiro atoms. The maximum Gasteiger partial charge on any atom is 0.243 e. The van der Waals surface area contributed by atoms with Crippen molar-refractivity contribution in [2.45, 2.75) is 46.8 Å². The van der Waals surface area contributed by atoms with Crippen molar-refractivity contribution in [1.82, 2.24) is 14.6 Å². The van der Waals surface area contributed by atoms with Crippen molar-refractivity contribution in [2.75, 3.05) is 39.1 Å². The van der Waals surface area contributed by atoms with Crippen LogP contribution in [0.2, 0.25) is 0 Å². The number of aliphatic hydroxyl groups excluding tert-OH is 1. The number of pyridine rings is 1. The van der Waals surface area contributed by atoms with Crippen LogP contribution in [-0.4, -0.2) is 88.1 Å². The fourth-order valence-corrected chi connectivity index (χ4v) is 7.48. The molecule has 0 bridgehead atoms. The molecule has 2 aliphatic heterocycles. The molecule has 0 aliphatic carbocycles. The molecular formula is C29H35N3O7S2. The number of hydrogen-bond donors (Lipinski definition) is 2. The van der Waals surface area contributed by atoms with Gasteiger partial charge in [-0.25, -0.2) is 16.8 Å². The summed E-state index contributed by atoms with van der Waals surface area (Å²) in [6, 6.07) is 16.9. The summed E-state index contributed by atoms with van der Waals surface area (Å²) in [7, 11) is -6.99. The van der Waals surface area contributed by atoms with Crippen LogP contribution in [0.3, 0.4) is 0 Å². The fourth-order valence-electron chi connectivity index (χ4n) is 5.34. The Hall–Kier alpha value is -2.87. The summed E-state index contributed by atoms with van der Waals surface area (Å²) in [4.78, 5) is 4.46. The first kappa shape index (κ1) is 29.6. The Kier molecular flexibility index (Phi) is 8.78. The number of sulfonamides is 1. The van der Waals surface area contributed by atoms with Gasteiger partial charge < -0.3 is 19.9 Å². The molecule has 2 N–H and O–H groups in total. The quantitative estimate of drug-likeness (QED) is 0.359. The van der Waals surface area contributed by atoms with Crippen molar-refractivity contribution in [3.8, 4) is 16.9 Å². The fraction of sp³-hybridized carbons (Fsp3) is 0.414. The van der Waals surface area contributed by atoms with Gasteiger partial charge in [-0.05, 0) is 72.9 Å². The molecule has 0 radical (unpaired) electrons. The van der Waals surface area contributed by atoms with Crippen LogP contribution in [0.5, 0.6) is 5.75 Å². The maximum absolute atomic E-state index is 13.4. The summed E-state index contributed by atoms with van der Waals surface area (Å²) in [5.74, 6) is 0.376. The Morgan fingerprint density at radius 2 is 1.73 bits per heavy atom. The second-order valence-corrected chi connectivity index (χ2v) is 14.6. The molecule has 2 atom stereocenters. The van der Waals surface area contributed by atoms with Crippen LogP contribution in [-0.2, 0) is 24.6 Å².